The van der Waals surface area contributed by atoms with E-state index >= 15 is 0 Å². The van der Waals surface area contributed by atoms with Gasteiger partial charge in [-0.1, -0.05) is 18.2 Å². The van der Waals surface area contributed by atoms with Crippen LogP contribution in [0.15, 0.2) is 24.3 Å². The van der Waals surface area contributed by atoms with Crippen molar-refractivity contribution in [3.05, 3.63) is 29.8 Å². The summed E-state index contributed by atoms with van der Waals surface area (Å²) >= 11 is 0. The summed E-state index contributed by atoms with van der Waals surface area (Å²) in [5.41, 5.74) is 6.89. The van der Waals surface area contributed by atoms with Crippen molar-refractivity contribution in [3.8, 4) is 0 Å². The Morgan fingerprint density at radius 3 is 2.53 bits per heavy atom. The number of nitrogens with one attached hydrogen (secondary N) is 1. The first-order valence-electron chi connectivity index (χ1n) is 6.70. The molecule has 1 saturated carbocycles. The van der Waals surface area contributed by atoms with Crippen LogP contribution in [-0.2, 0) is 9.53 Å². The number of carbonyl (C=O) groups excluding carboxylic acids is 1. The second-order valence-corrected chi connectivity index (χ2v) is 6.04. The van der Waals surface area contributed by atoms with Crippen molar-refractivity contribution < 1.29 is 9.53 Å². The van der Waals surface area contributed by atoms with Gasteiger partial charge in [-0.15, -0.1) is 0 Å². The van der Waals surface area contributed by atoms with Crippen molar-refractivity contribution in [2.24, 2.45) is 0 Å². The molecule has 0 saturated heterocycles. The Kier molecular flexibility index (Phi) is 3.80. The molecule has 0 unspecified atom stereocenters. The molecule has 1 aromatic rings. The molecule has 4 heteroatoms. The number of nitrogen functional groups attached to an aromatic ring is 1. The van der Waals surface area contributed by atoms with Crippen LogP contribution in [0, 0.1) is 0 Å². The number of hydrogen-bond donors (Lipinski definition) is 2. The largest absolute Gasteiger partial charge is 0.459 e. The third-order valence-electron chi connectivity index (χ3n) is 2.93. The number of hydrogen-bond acceptors (Lipinski definition) is 4. The van der Waals surface area contributed by atoms with Crippen molar-refractivity contribution in [1.29, 1.82) is 0 Å². The molecule has 1 atom stereocenters. The zero-order valence-electron chi connectivity index (χ0n) is 11.8. The summed E-state index contributed by atoms with van der Waals surface area (Å²) in [6.45, 7) is 5.61. The van der Waals surface area contributed by atoms with Crippen molar-refractivity contribution in [2.75, 3.05) is 5.73 Å². The monoisotopic (exact) mass is 262 g/mol. The molecule has 3 N–H and O–H groups in total. The van der Waals surface area contributed by atoms with Gasteiger partial charge in [0.25, 0.3) is 0 Å². The predicted octanol–water partition coefficient (Wildman–Crippen LogP) is 2.40. The first-order chi connectivity index (χ1) is 8.87. The van der Waals surface area contributed by atoms with E-state index in [0.717, 1.165) is 18.4 Å². The third-order valence-corrected chi connectivity index (χ3v) is 2.93. The number of esters is 1. The Bertz CT molecular complexity index is 461. The fourth-order valence-corrected chi connectivity index (χ4v) is 1.90. The fraction of sp³-hybridized carbons (Fsp3) is 0.533. The Labute approximate surface area is 114 Å². The van der Waals surface area contributed by atoms with Crippen LogP contribution in [0.3, 0.4) is 0 Å². The molecular weight excluding hydrogens is 240 g/mol. The lowest BCUT2D eigenvalue weighted by atomic mass is 10.0. The van der Waals surface area contributed by atoms with Crippen LogP contribution in [-0.4, -0.2) is 17.6 Å². The number of rotatable bonds is 4. The van der Waals surface area contributed by atoms with E-state index in [9.17, 15) is 4.79 Å². The van der Waals surface area contributed by atoms with Gasteiger partial charge in [0, 0.05) is 17.3 Å². The standard InChI is InChI=1S/C15H22N2O2/c1-15(2,3)19-14(18)13(17-10-8-9-10)11-6-4-5-7-12(11)16/h4-7,10,13,17H,8-9,16H2,1-3H3/t13-/m0/s1. The highest BCUT2D eigenvalue weighted by Crippen LogP contribution is 2.28. The van der Waals surface area contributed by atoms with Crippen LogP contribution in [0.2, 0.25) is 0 Å². The summed E-state index contributed by atoms with van der Waals surface area (Å²) in [5, 5.41) is 3.32. The molecule has 1 aliphatic carbocycles. The summed E-state index contributed by atoms with van der Waals surface area (Å²) in [7, 11) is 0. The van der Waals surface area contributed by atoms with Gasteiger partial charge < -0.3 is 10.5 Å². The van der Waals surface area contributed by atoms with E-state index in [1.165, 1.54) is 0 Å². The van der Waals surface area contributed by atoms with Gasteiger partial charge in [0.2, 0.25) is 0 Å². The third kappa shape index (κ3) is 3.96. The fourth-order valence-electron chi connectivity index (χ4n) is 1.90. The maximum absolute atomic E-state index is 12.3. The molecule has 1 fully saturated rings. The van der Waals surface area contributed by atoms with Gasteiger partial charge in [-0.05, 0) is 39.7 Å². The predicted molar refractivity (Wildman–Crippen MR) is 75.6 cm³/mol. The van der Waals surface area contributed by atoms with Gasteiger partial charge in [0.1, 0.15) is 11.6 Å². The van der Waals surface area contributed by atoms with E-state index in [1.54, 1.807) is 6.07 Å². The Hall–Kier alpha value is -1.55. The van der Waals surface area contributed by atoms with E-state index in [1.807, 2.05) is 39.0 Å². The molecule has 0 heterocycles. The normalized spacial score (nSPS) is 17.0. The molecule has 4 nitrogen and oxygen atoms in total. The molecule has 104 valence electrons. The summed E-state index contributed by atoms with van der Waals surface area (Å²) in [6, 6.07) is 7.35. The molecule has 1 aliphatic rings. The average molecular weight is 262 g/mol. The quantitative estimate of drug-likeness (QED) is 0.646. The van der Waals surface area contributed by atoms with Gasteiger partial charge in [0.05, 0.1) is 0 Å². The summed E-state index contributed by atoms with van der Waals surface area (Å²) in [4.78, 5) is 12.3. The average Bonchev–Trinajstić information content (AvgIpc) is 3.08. The minimum atomic E-state index is -0.496. The molecule has 19 heavy (non-hydrogen) atoms. The van der Waals surface area contributed by atoms with Crippen LogP contribution in [0.4, 0.5) is 5.69 Å². The summed E-state index contributed by atoms with van der Waals surface area (Å²) in [5.74, 6) is -0.266. The SMILES string of the molecule is CC(C)(C)OC(=O)[C@@H](NC1CC1)c1ccccc1N. The Morgan fingerprint density at radius 1 is 1.37 bits per heavy atom. The maximum Gasteiger partial charge on any atom is 0.328 e. The Balaban J connectivity index is 2.20. The topological polar surface area (TPSA) is 64.3 Å². The van der Waals surface area contributed by atoms with E-state index < -0.39 is 11.6 Å². The maximum atomic E-state index is 12.3. The molecule has 2 rings (SSSR count). The first kappa shape index (κ1) is 13.9. The zero-order valence-corrected chi connectivity index (χ0v) is 11.8. The van der Waals surface area contributed by atoms with E-state index in [4.69, 9.17) is 10.5 Å². The van der Waals surface area contributed by atoms with Crippen molar-refractivity contribution >= 4 is 11.7 Å². The number of para-hydroxylation sites is 1. The lowest BCUT2D eigenvalue weighted by Crippen LogP contribution is -2.36. The second-order valence-electron chi connectivity index (χ2n) is 6.04. The molecule has 0 spiro atoms. The molecule has 0 aliphatic heterocycles. The van der Waals surface area contributed by atoms with Crippen LogP contribution >= 0.6 is 0 Å². The van der Waals surface area contributed by atoms with Crippen LogP contribution < -0.4 is 11.1 Å². The summed E-state index contributed by atoms with van der Waals surface area (Å²) in [6.07, 6.45) is 2.21. The van der Waals surface area contributed by atoms with E-state index in [2.05, 4.69) is 5.32 Å². The van der Waals surface area contributed by atoms with Crippen LogP contribution in [0.25, 0.3) is 0 Å². The van der Waals surface area contributed by atoms with E-state index in [0.29, 0.717) is 11.7 Å². The first-order valence-corrected chi connectivity index (χ1v) is 6.70. The molecular formula is C15H22N2O2. The van der Waals surface area contributed by atoms with Crippen LogP contribution in [0.5, 0.6) is 0 Å². The van der Waals surface area contributed by atoms with Gasteiger partial charge in [0.15, 0.2) is 0 Å². The van der Waals surface area contributed by atoms with Gasteiger partial charge in [-0.2, -0.15) is 0 Å². The molecule has 1 aromatic carbocycles. The van der Waals surface area contributed by atoms with Crippen molar-refractivity contribution in [1.82, 2.24) is 5.32 Å². The minimum absolute atomic E-state index is 0.266. The second kappa shape index (κ2) is 5.21. The minimum Gasteiger partial charge on any atom is -0.459 e. The smallest absolute Gasteiger partial charge is 0.328 e. The molecule has 0 aromatic heterocycles. The summed E-state index contributed by atoms with van der Waals surface area (Å²) < 4.78 is 5.48. The lowest BCUT2D eigenvalue weighted by Gasteiger charge is -2.25. The molecule has 0 bridgehead atoms. The molecule has 0 radical (unpaired) electrons. The highest BCUT2D eigenvalue weighted by molar-refractivity contribution is 5.80. The van der Waals surface area contributed by atoms with Gasteiger partial charge >= 0.3 is 5.97 Å². The highest BCUT2D eigenvalue weighted by Gasteiger charge is 2.33. The van der Waals surface area contributed by atoms with Crippen molar-refractivity contribution in [3.63, 3.8) is 0 Å². The zero-order chi connectivity index (χ0) is 14.0. The van der Waals surface area contributed by atoms with Gasteiger partial charge in [-0.3, -0.25) is 5.32 Å². The van der Waals surface area contributed by atoms with Crippen molar-refractivity contribution in [2.45, 2.75) is 51.3 Å². The molecule has 0 amide bonds. The number of nitrogens with two attached hydrogens (primary N) is 1. The van der Waals surface area contributed by atoms with Gasteiger partial charge in [-0.25, -0.2) is 4.79 Å². The van der Waals surface area contributed by atoms with Crippen LogP contribution in [0.1, 0.15) is 45.2 Å². The number of anilines is 1. The number of ether oxygens (including phenoxy) is 1. The highest BCUT2D eigenvalue weighted by atomic mass is 16.6. The van der Waals surface area contributed by atoms with E-state index in [-0.39, 0.29) is 5.97 Å². The number of benzene rings is 1. The Morgan fingerprint density at radius 2 is 2.00 bits per heavy atom. The number of carbonyl (C=O) groups is 1. The lowest BCUT2D eigenvalue weighted by molar-refractivity contribution is -0.157.